The number of aryl methyl sites for hydroxylation is 1. The SMILES string of the molecule is N#Cc1ccc(F)c(CN2CCCc3ccccc3C2)c1. The van der Waals surface area contributed by atoms with Gasteiger partial charge in [-0.1, -0.05) is 24.3 Å². The number of nitrogens with zero attached hydrogens (tertiary/aromatic N) is 2. The number of hydrogen-bond donors (Lipinski definition) is 0. The number of fused-ring (bicyclic) bond motifs is 1. The number of hydrogen-bond acceptors (Lipinski definition) is 2. The lowest BCUT2D eigenvalue weighted by Gasteiger charge is -2.21. The van der Waals surface area contributed by atoms with Gasteiger partial charge in [-0.15, -0.1) is 0 Å². The molecule has 0 amide bonds. The van der Waals surface area contributed by atoms with Crippen molar-refractivity contribution in [3.8, 4) is 6.07 Å². The van der Waals surface area contributed by atoms with Crippen LogP contribution in [0.5, 0.6) is 0 Å². The van der Waals surface area contributed by atoms with Crippen LogP contribution in [0, 0.1) is 17.1 Å². The van der Waals surface area contributed by atoms with Gasteiger partial charge in [0.1, 0.15) is 5.82 Å². The molecule has 0 radical (unpaired) electrons. The fraction of sp³-hybridized carbons (Fsp3) is 0.278. The molecule has 21 heavy (non-hydrogen) atoms. The Kier molecular flexibility index (Phi) is 3.98. The zero-order valence-electron chi connectivity index (χ0n) is 11.8. The molecule has 0 unspecified atom stereocenters. The number of halogens is 1. The van der Waals surface area contributed by atoms with Crippen LogP contribution in [0.1, 0.15) is 28.7 Å². The summed E-state index contributed by atoms with van der Waals surface area (Å²) in [5.41, 5.74) is 3.84. The number of benzene rings is 2. The highest BCUT2D eigenvalue weighted by Crippen LogP contribution is 2.21. The lowest BCUT2D eigenvalue weighted by molar-refractivity contribution is 0.257. The topological polar surface area (TPSA) is 27.0 Å². The first-order valence-corrected chi connectivity index (χ1v) is 7.24. The Hall–Kier alpha value is -2.18. The van der Waals surface area contributed by atoms with Crippen LogP contribution in [0.2, 0.25) is 0 Å². The molecule has 3 heteroatoms. The first-order valence-electron chi connectivity index (χ1n) is 7.24. The van der Waals surface area contributed by atoms with E-state index in [1.54, 1.807) is 6.07 Å². The zero-order chi connectivity index (χ0) is 14.7. The average molecular weight is 280 g/mol. The molecular weight excluding hydrogens is 263 g/mol. The number of rotatable bonds is 2. The van der Waals surface area contributed by atoms with Crippen LogP contribution in [0.25, 0.3) is 0 Å². The van der Waals surface area contributed by atoms with Crippen molar-refractivity contribution in [3.63, 3.8) is 0 Å². The third-order valence-electron chi connectivity index (χ3n) is 4.00. The summed E-state index contributed by atoms with van der Waals surface area (Å²) < 4.78 is 13.9. The molecule has 1 heterocycles. The van der Waals surface area contributed by atoms with Crippen molar-refractivity contribution in [2.45, 2.75) is 25.9 Å². The van der Waals surface area contributed by atoms with E-state index >= 15 is 0 Å². The second-order valence-corrected chi connectivity index (χ2v) is 5.50. The normalized spacial score (nSPS) is 15.0. The van der Waals surface area contributed by atoms with Gasteiger partial charge in [0.25, 0.3) is 0 Å². The van der Waals surface area contributed by atoms with Crippen molar-refractivity contribution >= 4 is 0 Å². The quantitative estimate of drug-likeness (QED) is 0.839. The summed E-state index contributed by atoms with van der Waals surface area (Å²) in [6, 6.07) is 15.1. The summed E-state index contributed by atoms with van der Waals surface area (Å²) in [6.07, 6.45) is 2.16. The Bertz CT molecular complexity index is 688. The molecule has 0 aliphatic carbocycles. The summed E-state index contributed by atoms with van der Waals surface area (Å²) in [6.45, 7) is 2.34. The maximum absolute atomic E-state index is 13.9. The summed E-state index contributed by atoms with van der Waals surface area (Å²) in [4.78, 5) is 2.26. The van der Waals surface area contributed by atoms with Gasteiger partial charge >= 0.3 is 0 Å². The van der Waals surface area contributed by atoms with E-state index in [-0.39, 0.29) is 5.82 Å². The smallest absolute Gasteiger partial charge is 0.127 e. The molecule has 0 N–H and O–H groups in total. The van der Waals surface area contributed by atoms with Crippen molar-refractivity contribution < 1.29 is 4.39 Å². The Morgan fingerprint density at radius 3 is 2.76 bits per heavy atom. The van der Waals surface area contributed by atoms with Crippen LogP contribution in [-0.2, 0) is 19.5 Å². The highest BCUT2D eigenvalue weighted by atomic mass is 19.1. The van der Waals surface area contributed by atoms with Crippen LogP contribution >= 0.6 is 0 Å². The average Bonchev–Trinajstić information content (AvgIpc) is 2.71. The molecular formula is C18H17FN2. The summed E-state index contributed by atoms with van der Waals surface area (Å²) in [5.74, 6) is -0.230. The summed E-state index contributed by atoms with van der Waals surface area (Å²) in [5, 5.41) is 8.95. The van der Waals surface area contributed by atoms with E-state index in [4.69, 9.17) is 5.26 Å². The molecule has 3 rings (SSSR count). The van der Waals surface area contributed by atoms with E-state index < -0.39 is 0 Å². The molecule has 2 aromatic carbocycles. The maximum Gasteiger partial charge on any atom is 0.127 e. The number of nitriles is 1. The highest BCUT2D eigenvalue weighted by Gasteiger charge is 2.15. The monoisotopic (exact) mass is 280 g/mol. The van der Waals surface area contributed by atoms with Gasteiger partial charge in [-0.3, -0.25) is 4.90 Å². The first kappa shape index (κ1) is 13.8. The fourth-order valence-corrected chi connectivity index (χ4v) is 2.91. The van der Waals surface area contributed by atoms with Gasteiger partial charge < -0.3 is 0 Å². The standard InChI is InChI=1S/C18H17FN2/c19-18-8-7-14(11-20)10-17(18)13-21-9-3-6-15-4-1-2-5-16(15)12-21/h1-2,4-5,7-8,10H,3,6,9,12-13H2. The van der Waals surface area contributed by atoms with Gasteiger partial charge in [-0.25, -0.2) is 4.39 Å². The van der Waals surface area contributed by atoms with Gasteiger partial charge in [0.05, 0.1) is 11.6 Å². The molecule has 106 valence electrons. The van der Waals surface area contributed by atoms with Crippen LogP contribution in [0.3, 0.4) is 0 Å². The Labute approximate surface area is 124 Å². The molecule has 2 nitrogen and oxygen atoms in total. The molecule has 0 bridgehead atoms. The molecule has 1 aliphatic rings. The minimum absolute atomic E-state index is 0.230. The molecule has 1 aliphatic heterocycles. The van der Waals surface area contributed by atoms with Crippen LogP contribution in [0.15, 0.2) is 42.5 Å². The van der Waals surface area contributed by atoms with E-state index in [0.717, 1.165) is 25.9 Å². The van der Waals surface area contributed by atoms with Crippen LogP contribution in [-0.4, -0.2) is 11.4 Å². The molecule has 0 saturated carbocycles. The van der Waals surface area contributed by atoms with Crippen molar-refractivity contribution in [2.75, 3.05) is 6.54 Å². The minimum Gasteiger partial charge on any atom is -0.295 e. The van der Waals surface area contributed by atoms with E-state index in [1.165, 1.54) is 23.3 Å². The molecule has 2 aromatic rings. The Balaban J connectivity index is 1.81. The van der Waals surface area contributed by atoms with Crippen molar-refractivity contribution in [2.24, 2.45) is 0 Å². The largest absolute Gasteiger partial charge is 0.295 e. The third-order valence-corrected chi connectivity index (χ3v) is 4.00. The predicted molar refractivity (Wildman–Crippen MR) is 80.0 cm³/mol. The van der Waals surface area contributed by atoms with E-state index in [2.05, 4.69) is 35.2 Å². The third kappa shape index (κ3) is 3.12. The first-order chi connectivity index (χ1) is 10.3. The Morgan fingerprint density at radius 2 is 1.95 bits per heavy atom. The van der Waals surface area contributed by atoms with Crippen molar-refractivity contribution in [1.82, 2.24) is 4.90 Å². The second kappa shape index (κ2) is 6.07. The molecule has 0 saturated heterocycles. The molecule has 0 aromatic heterocycles. The van der Waals surface area contributed by atoms with Gasteiger partial charge in [-0.2, -0.15) is 5.26 Å². The van der Waals surface area contributed by atoms with Gasteiger partial charge in [-0.05, 0) is 48.7 Å². The fourth-order valence-electron chi connectivity index (χ4n) is 2.91. The lowest BCUT2D eigenvalue weighted by atomic mass is 10.0. The molecule has 0 fully saturated rings. The van der Waals surface area contributed by atoms with Gasteiger partial charge in [0, 0.05) is 18.7 Å². The predicted octanol–water partition coefficient (Wildman–Crippen LogP) is 3.65. The van der Waals surface area contributed by atoms with Crippen LogP contribution < -0.4 is 0 Å². The van der Waals surface area contributed by atoms with E-state index in [9.17, 15) is 4.39 Å². The highest BCUT2D eigenvalue weighted by molar-refractivity contribution is 5.34. The van der Waals surface area contributed by atoms with Gasteiger partial charge in [0.2, 0.25) is 0 Å². The van der Waals surface area contributed by atoms with E-state index in [0.29, 0.717) is 17.7 Å². The van der Waals surface area contributed by atoms with Crippen molar-refractivity contribution in [3.05, 3.63) is 70.5 Å². The lowest BCUT2D eigenvalue weighted by Crippen LogP contribution is -2.23. The Morgan fingerprint density at radius 1 is 1.14 bits per heavy atom. The minimum atomic E-state index is -0.230. The molecule has 0 spiro atoms. The summed E-state index contributed by atoms with van der Waals surface area (Å²) in [7, 11) is 0. The molecule has 0 atom stereocenters. The van der Waals surface area contributed by atoms with Crippen molar-refractivity contribution in [1.29, 1.82) is 5.26 Å². The zero-order valence-corrected chi connectivity index (χ0v) is 11.8. The van der Waals surface area contributed by atoms with Gasteiger partial charge in [0.15, 0.2) is 0 Å². The van der Waals surface area contributed by atoms with Crippen LogP contribution in [0.4, 0.5) is 4.39 Å². The summed E-state index contributed by atoms with van der Waals surface area (Å²) >= 11 is 0. The second-order valence-electron chi connectivity index (χ2n) is 5.50. The maximum atomic E-state index is 13.9. The van der Waals surface area contributed by atoms with E-state index in [1.807, 2.05) is 0 Å².